The number of ether oxygens (including phenoxy) is 1. The van der Waals surface area contributed by atoms with E-state index < -0.39 is 5.60 Å². The molecule has 0 aliphatic rings. The minimum atomic E-state index is -0.534. The highest BCUT2D eigenvalue weighted by Gasteiger charge is 2.19. The molecule has 2 rings (SSSR count). The molecule has 0 bridgehead atoms. The van der Waals surface area contributed by atoms with E-state index in [1.807, 2.05) is 77.1 Å². The fourth-order valence-electron chi connectivity index (χ4n) is 2.51. The molecule has 2 aromatic carbocycles. The van der Waals surface area contributed by atoms with E-state index >= 15 is 0 Å². The fraction of sp³-hybridized carbons (Fsp3) is 0.364. The van der Waals surface area contributed by atoms with Gasteiger partial charge in [-0.2, -0.15) is 0 Å². The summed E-state index contributed by atoms with van der Waals surface area (Å²) in [7, 11) is 1.69. The standard InChI is InChI=1S/C22H28N2O3/c1-15-10-11-18(12-16(15)2)20(25)23-19-9-7-8-17(13-19)14-24(6)21(26)27-22(3,4)5/h7-13H,14H2,1-6H3,(H,23,25). The Morgan fingerprint density at radius 3 is 2.37 bits per heavy atom. The number of benzene rings is 2. The van der Waals surface area contributed by atoms with Crippen molar-refractivity contribution < 1.29 is 14.3 Å². The number of nitrogens with one attached hydrogen (secondary N) is 1. The maximum atomic E-state index is 12.5. The number of aryl methyl sites for hydroxylation is 2. The summed E-state index contributed by atoms with van der Waals surface area (Å²) in [5.74, 6) is -0.157. The second kappa shape index (κ2) is 8.25. The van der Waals surface area contributed by atoms with E-state index in [9.17, 15) is 9.59 Å². The summed E-state index contributed by atoms with van der Waals surface area (Å²) in [5.41, 5.74) is 3.91. The van der Waals surface area contributed by atoms with Gasteiger partial charge in [0.2, 0.25) is 0 Å². The van der Waals surface area contributed by atoms with E-state index in [2.05, 4.69) is 5.32 Å². The molecule has 144 valence electrons. The number of anilines is 1. The maximum absolute atomic E-state index is 12.5. The van der Waals surface area contributed by atoms with Gasteiger partial charge in [0, 0.05) is 24.8 Å². The second-order valence-electron chi connectivity index (χ2n) is 7.79. The van der Waals surface area contributed by atoms with E-state index in [4.69, 9.17) is 4.74 Å². The third-order valence-corrected chi connectivity index (χ3v) is 4.08. The van der Waals surface area contributed by atoms with E-state index in [1.54, 1.807) is 7.05 Å². The molecule has 2 aromatic rings. The van der Waals surface area contributed by atoms with Gasteiger partial charge < -0.3 is 15.0 Å². The van der Waals surface area contributed by atoms with Crippen LogP contribution >= 0.6 is 0 Å². The first-order valence-corrected chi connectivity index (χ1v) is 8.97. The normalized spacial score (nSPS) is 11.0. The first-order valence-electron chi connectivity index (χ1n) is 8.97. The molecular formula is C22H28N2O3. The van der Waals surface area contributed by atoms with Crippen LogP contribution < -0.4 is 5.32 Å². The number of hydrogen-bond acceptors (Lipinski definition) is 3. The van der Waals surface area contributed by atoms with Gasteiger partial charge in [-0.15, -0.1) is 0 Å². The highest BCUT2D eigenvalue weighted by molar-refractivity contribution is 6.04. The molecule has 0 fully saturated rings. The molecule has 0 spiro atoms. The van der Waals surface area contributed by atoms with Crippen molar-refractivity contribution in [1.29, 1.82) is 0 Å². The zero-order valence-electron chi connectivity index (χ0n) is 16.9. The van der Waals surface area contributed by atoms with Gasteiger partial charge in [0.15, 0.2) is 0 Å². The topological polar surface area (TPSA) is 58.6 Å². The Labute approximate surface area is 161 Å². The third-order valence-electron chi connectivity index (χ3n) is 4.08. The average molecular weight is 368 g/mol. The van der Waals surface area contributed by atoms with Crippen molar-refractivity contribution in [3.8, 4) is 0 Å². The molecule has 1 N–H and O–H groups in total. The number of amides is 2. The molecule has 5 heteroatoms. The van der Waals surface area contributed by atoms with Gasteiger partial charge in [-0.05, 0) is 75.6 Å². The number of carbonyl (C=O) groups excluding carboxylic acids is 2. The van der Waals surface area contributed by atoms with Crippen molar-refractivity contribution in [3.63, 3.8) is 0 Å². The summed E-state index contributed by atoms with van der Waals surface area (Å²) in [6.45, 7) is 9.90. The lowest BCUT2D eigenvalue weighted by Gasteiger charge is -2.24. The van der Waals surface area contributed by atoms with Crippen LogP contribution in [0.4, 0.5) is 10.5 Å². The van der Waals surface area contributed by atoms with Crippen LogP contribution in [-0.4, -0.2) is 29.5 Å². The predicted molar refractivity (Wildman–Crippen MR) is 108 cm³/mol. The lowest BCUT2D eigenvalue weighted by Crippen LogP contribution is -2.33. The molecule has 0 aliphatic heterocycles. The summed E-state index contributed by atoms with van der Waals surface area (Å²) in [5, 5.41) is 2.91. The molecule has 0 saturated carbocycles. The van der Waals surface area contributed by atoms with Crippen LogP contribution in [0.25, 0.3) is 0 Å². The fourth-order valence-corrected chi connectivity index (χ4v) is 2.51. The molecule has 0 radical (unpaired) electrons. The van der Waals surface area contributed by atoms with Gasteiger partial charge >= 0.3 is 6.09 Å². The number of carbonyl (C=O) groups is 2. The highest BCUT2D eigenvalue weighted by Crippen LogP contribution is 2.17. The monoisotopic (exact) mass is 368 g/mol. The van der Waals surface area contributed by atoms with Gasteiger partial charge in [0.1, 0.15) is 5.60 Å². The molecule has 2 amide bonds. The molecule has 0 aliphatic carbocycles. The largest absolute Gasteiger partial charge is 0.444 e. The molecule has 0 atom stereocenters. The van der Waals surface area contributed by atoms with E-state index in [0.717, 1.165) is 16.7 Å². The van der Waals surface area contributed by atoms with Crippen molar-refractivity contribution in [2.45, 2.75) is 46.8 Å². The van der Waals surface area contributed by atoms with Gasteiger partial charge in [-0.1, -0.05) is 18.2 Å². The smallest absolute Gasteiger partial charge is 0.410 e. The van der Waals surface area contributed by atoms with E-state index in [0.29, 0.717) is 17.8 Å². The van der Waals surface area contributed by atoms with Crippen LogP contribution in [0.3, 0.4) is 0 Å². The minimum absolute atomic E-state index is 0.157. The van der Waals surface area contributed by atoms with Gasteiger partial charge in [-0.25, -0.2) is 4.79 Å². The predicted octanol–water partition coefficient (Wildman–Crippen LogP) is 4.92. The Morgan fingerprint density at radius 2 is 1.74 bits per heavy atom. The Morgan fingerprint density at radius 1 is 1.04 bits per heavy atom. The lowest BCUT2D eigenvalue weighted by atomic mass is 10.1. The third kappa shape index (κ3) is 6.13. The molecule has 0 heterocycles. The Bertz CT molecular complexity index is 838. The van der Waals surface area contributed by atoms with Crippen molar-refractivity contribution in [2.24, 2.45) is 0 Å². The van der Waals surface area contributed by atoms with Crippen LogP contribution in [-0.2, 0) is 11.3 Å². The summed E-state index contributed by atoms with van der Waals surface area (Å²) in [6, 6.07) is 13.1. The van der Waals surface area contributed by atoms with Crippen molar-refractivity contribution in [2.75, 3.05) is 12.4 Å². The quantitative estimate of drug-likeness (QED) is 0.833. The Kier molecular flexibility index (Phi) is 6.26. The molecule has 27 heavy (non-hydrogen) atoms. The number of nitrogens with zero attached hydrogens (tertiary/aromatic N) is 1. The number of rotatable bonds is 4. The van der Waals surface area contributed by atoms with Gasteiger partial charge in [-0.3, -0.25) is 4.79 Å². The lowest BCUT2D eigenvalue weighted by molar-refractivity contribution is 0.0285. The van der Waals surface area contributed by atoms with Crippen LogP contribution in [0.5, 0.6) is 0 Å². The summed E-state index contributed by atoms with van der Waals surface area (Å²) in [6.07, 6.45) is -0.382. The van der Waals surface area contributed by atoms with Crippen LogP contribution in [0.2, 0.25) is 0 Å². The van der Waals surface area contributed by atoms with Crippen molar-refractivity contribution in [3.05, 3.63) is 64.7 Å². The summed E-state index contributed by atoms with van der Waals surface area (Å²) >= 11 is 0. The first kappa shape index (κ1) is 20.5. The van der Waals surface area contributed by atoms with E-state index in [1.165, 1.54) is 4.90 Å². The zero-order valence-corrected chi connectivity index (χ0v) is 16.9. The molecule has 0 unspecified atom stereocenters. The van der Waals surface area contributed by atoms with Crippen molar-refractivity contribution in [1.82, 2.24) is 4.90 Å². The van der Waals surface area contributed by atoms with Gasteiger partial charge in [0.05, 0.1) is 0 Å². The van der Waals surface area contributed by atoms with Crippen LogP contribution in [0, 0.1) is 13.8 Å². The zero-order chi connectivity index (χ0) is 20.2. The highest BCUT2D eigenvalue weighted by atomic mass is 16.6. The summed E-state index contributed by atoms with van der Waals surface area (Å²) < 4.78 is 5.36. The first-order chi connectivity index (χ1) is 12.5. The maximum Gasteiger partial charge on any atom is 0.410 e. The Balaban J connectivity index is 2.05. The second-order valence-corrected chi connectivity index (χ2v) is 7.79. The molecular weight excluding hydrogens is 340 g/mol. The SMILES string of the molecule is Cc1ccc(C(=O)Nc2cccc(CN(C)C(=O)OC(C)(C)C)c2)cc1C. The molecule has 5 nitrogen and oxygen atoms in total. The average Bonchev–Trinajstić information content (AvgIpc) is 2.56. The van der Waals surface area contributed by atoms with Crippen LogP contribution in [0.1, 0.15) is 47.8 Å². The van der Waals surface area contributed by atoms with Gasteiger partial charge in [0.25, 0.3) is 5.91 Å². The van der Waals surface area contributed by atoms with Crippen molar-refractivity contribution >= 4 is 17.7 Å². The number of hydrogen-bond donors (Lipinski definition) is 1. The molecule has 0 saturated heterocycles. The summed E-state index contributed by atoms with van der Waals surface area (Å²) in [4.78, 5) is 26.1. The van der Waals surface area contributed by atoms with E-state index in [-0.39, 0.29) is 12.0 Å². The molecule has 0 aromatic heterocycles. The minimum Gasteiger partial charge on any atom is -0.444 e. The Hall–Kier alpha value is -2.82. The van der Waals surface area contributed by atoms with Crippen LogP contribution in [0.15, 0.2) is 42.5 Å².